The summed E-state index contributed by atoms with van der Waals surface area (Å²) in [6.07, 6.45) is 5.20. The molecule has 2 atom stereocenters. The van der Waals surface area contributed by atoms with E-state index >= 15 is 0 Å². The molecule has 0 aromatic rings. The van der Waals surface area contributed by atoms with Crippen molar-refractivity contribution < 1.29 is 14.3 Å². The summed E-state index contributed by atoms with van der Waals surface area (Å²) in [6.45, 7) is 13.8. The molecule has 25 heavy (non-hydrogen) atoms. The van der Waals surface area contributed by atoms with Crippen LogP contribution >= 0.6 is 0 Å². The number of nitrogens with zero attached hydrogens (tertiary/aromatic N) is 1. The molecule has 1 aliphatic heterocycles. The normalized spacial score (nSPS) is 21.2. The first-order valence-corrected chi connectivity index (χ1v) is 9.87. The van der Waals surface area contributed by atoms with E-state index in [-0.39, 0.29) is 24.5 Å². The molecule has 1 saturated heterocycles. The molecule has 1 heterocycles. The summed E-state index contributed by atoms with van der Waals surface area (Å²) in [5.41, 5.74) is -0.462. The quantitative estimate of drug-likeness (QED) is 0.483. The lowest BCUT2D eigenvalue weighted by molar-refractivity contribution is -0.153. The fourth-order valence-corrected chi connectivity index (χ4v) is 3.47. The smallest absolute Gasteiger partial charge is 0.320 e. The number of hydrogen-bond donors (Lipinski definition) is 1. The van der Waals surface area contributed by atoms with E-state index in [1.54, 1.807) is 0 Å². The number of carbonyl (C=O) groups is 2. The highest BCUT2D eigenvalue weighted by Crippen LogP contribution is 2.29. The van der Waals surface area contributed by atoms with Gasteiger partial charge in [0.25, 0.3) is 0 Å². The molecule has 0 aromatic heterocycles. The second kappa shape index (κ2) is 10.1. The minimum absolute atomic E-state index is 0.134. The highest BCUT2D eigenvalue weighted by atomic mass is 16.6. The van der Waals surface area contributed by atoms with Crippen LogP contribution in [0.5, 0.6) is 0 Å². The molecule has 0 radical (unpaired) electrons. The predicted molar refractivity (Wildman–Crippen MR) is 101 cm³/mol. The minimum atomic E-state index is -0.462. The predicted octanol–water partition coefficient (Wildman–Crippen LogP) is 3.37. The molecule has 5 nitrogen and oxygen atoms in total. The van der Waals surface area contributed by atoms with Gasteiger partial charge in [0.15, 0.2) is 0 Å². The summed E-state index contributed by atoms with van der Waals surface area (Å²) >= 11 is 0. The Bertz CT molecular complexity index is 429. The van der Waals surface area contributed by atoms with E-state index in [1.165, 1.54) is 0 Å². The average molecular weight is 355 g/mol. The van der Waals surface area contributed by atoms with Gasteiger partial charge in [-0.25, -0.2) is 0 Å². The van der Waals surface area contributed by atoms with Gasteiger partial charge in [0, 0.05) is 25.0 Å². The monoisotopic (exact) mass is 354 g/mol. The topological polar surface area (TPSA) is 58.6 Å². The summed E-state index contributed by atoms with van der Waals surface area (Å²) in [4.78, 5) is 26.6. The molecule has 146 valence electrons. The van der Waals surface area contributed by atoms with Crippen LogP contribution in [0.1, 0.15) is 73.6 Å². The number of nitrogens with one attached hydrogen (secondary N) is 1. The number of esters is 1. The molecule has 1 N–H and O–H groups in total. The molecule has 0 saturated carbocycles. The molecule has 1 fully saturated rings. The number of carbonyl (C=O) groups excluding carboxylic acids is 2. The van der Waals surface area contributed by atoms with Gasteiger partial charge in [0.1, 0.15) is 5.60 Å². The third-order valence-corrected chi connectivity index (χ3v) is 4.46. The summed E-state index contributed by atoms with van der Waals surface area (Å²) in [5.74, 6) is 0.719. The Morgan fingerprint density at radius 3 is 2.56 bits per heavy atom. The third-order valence-electron chi connectivity index (χ3n) is 4.46. The Kier molecular flexibility index (Phi) is 8.91. The van der Waals surface area contributed by atoms with E-state index in [0.29, 0.717) is 18.4 Å². The Morgan fingerprint density at radius 2 is 2.00 bits per heavy atom. The molecular formula is C20H38N2O3. The Labute approximate surface area is 153 Å². The van der Waals surface area contributed by atoms with Gasteiger partial charge in [0.2, 0.25) is 5.91 Å². The molecule has 5 heteroatoms. The number of unbranched alkanes of at least 4 members (excludes halogenated alkanes) is 2. The van der Waals surface area contributed by atoms with E-state index in [1.807, 2.05) is 25.7 Å². The number of hydrogen-bond acceptors (Lipinski definition) is 4. The van der Waals surface area contributed by atoms with Crippen LogP contribution in [0.3, 0.4) is 0 Å². The zero-order chi connectivity index (χ0) is 19.0. The molecule has 1 amide bonds. The van der Waals surface area contributed by atoms with Crippen LogP contribution in [0, 0.1) is 11.8 Å². The van der Waals surface area contributed by atoms with Crippen LogP contribution in [-0.2, 0) is 14.3 Å². The Hall–Kier alpha value is -1.10. The van der Waals surface area contributed by atoms with Crippen molar-refractivity contribution >= 4 is 11.9 Å². The molecule has 0 aliphatic carbocycles. The molecule has 0 aromatic carbocycles. The lowest BCUT2D eigenvalue weighted by atomic mass is 9.94. The van der Waals surface area contributed by atoms with Crippen LogP contribution in [0.4, 0.5) is 0 Å². The van der Waals surface area contributed by atoms with Gasteiger partial charge < -0.3 is 15.0 Å². The van der Waals surface area contributed by atoms with Crippen molar-refractivity contribution in [3.05, 3.63) is 0 Å². The first kappa shape index (κ1) is 21.9. The fourth-order valence-electron chi connectivity index (χ4n) is 3.47. The second-order valence-corrected chi connectivity index (χ2v) is 8.67. The SMILES string of the molecule is CCCCCN1C(=O)[C@H](CC(C)C)C[C@H]1CNCC(=O)OC(C)(C)C. The number of likely N-dealkylation sites (tertiary alicyclic amines) is 1. The highest BCUT2D eigenvalue weighted by Gasteiger charge is 2.38. The average Bonchev–Trinajstić information content (AvgIpc) is 2.74. The molecule has 0 unspecified atom stereocenters. The van der Waals surface area contributed by atoms with Gasteiger partial charge in [-0.15, -0.1) is 0 Å². The van der Waals surface area contributed by atoms with Crippen LogP contribution in [0.15, 0.2) is 0 Å². The minimum Gasteiger partial charge on any atom is -0.459 e. The van der Waals surface area contributed by atoms with Crippen LogP contribution in [-0.4, -0.2) is 48.1 Å². The lowest BCUT2D eigenvalue weighted by Crippen LogP contribution is -2.42. The first-order chi connectivity index (χ1) is 11.6. The molecule has 0 spiro atoms. The van der Waals surface area contributed by atoms with Crippen molar-refractivity contribution in [2.75, 3.05) is 19.6 Å². The van der Waals surface area contributed by atoms with Crippen LogP contribution in [0.2, 0.25) is 0 Å². The maximum absolute atomic E-state index is 12.7. The Morgan fingerprint density at radius 1 is 1.32 bits per heavy atom. The zero-order valence-corrected chi connectivity index (χ0v) is 17.1. The number of rotatable bonds is 10. The van der Waals surface area contributed by atoms with Gasteiger partial charge in [-0.1, -0.05) is 33.6 Å². The maximum Gasteiger partial charge on any atom is 0.320 e. The zero-order valence-electron chi connectivity index (χ0n) is 17.1. The van der Waals surface area contributed by atoms with Gasteiger partial charge in [-0.3, -0.25) is 9.59 Å². The fraction of sp³-hybridized carbons (Fsp3) is 0.900. The number of ether oxygens (including phenoxy) is 1. The van der Waals surface area contributed by atoms with Crippen molar-refractivity contribution in [1.82, 2.24) is 10.2 Å². The largest absolute Gasteiger partial charge is 0.459 e. The van der Waals surface area contributed by atoms with Gasteiger partial charge in [0.05, 0.1) is 6.54 Å². The summed E-state index contributed by atoms with van der Waals surface area (Å²) in [6, 6.07) is 0.190. The van der Waals surface area contributed by atoms with Crippen molar-refractivity contribution in [3.8, 4) is 0 Å². The van der Waals surface area contributed by atoms with E-state index in [9.17, 15) is 9.59 Å². The van der Waals surface area contributed by atoms with E-state index in [0.717, 1.165) is 38.6 Å². The summed E-state index contributed by atoms with van der Waals surface area (Å²) in [7, 11) is 0. The second-order valence-electron chi connectivity index (χ2n) is 8.67. The molecule has 1 aliphatic rings. The first-order valence-electron chi connectivity index (χ1n) is 9.87. The van der Waals surface area contributed by atoms with Gasteiger partial charge >= 0.3 is 5.97 Å². The number of amides is 1. The Balaban J connectivity index is 2.54. The van der Waals surface area contributed by atoms with Gasteiger partial charge in [-0.2, -0.15) is 0 Å². The van der Waals surface area contributed by atoms with Crippen LogP contribution < -0.4 is 5.32 Å². The highest BCUT2D eigenvalue weighted by molar-refractivity contribution is 5.81. The standard InChI is InChI=1S/C20H38N2O3/c1-7-8-9-10-22-17(12-16(19(22)24)11-15(2)3)13-21-14-18(23)25-20(4,5)6/h15-17,21H,7-14H2,1-6H3/t16-,17+/m1/s1. The maximum atomic E-state index is 12.7. The lowest BCUT2D eigenvalue weighted by Gasteiger charge is -2.25. The van der Waals surface area contributed by atoms with E-state index in [2.05, 4.69) is 26.1 Å². The van der Waals surface area contributed by atoms with Crippen molar-refractivity contribution in [2.45, 2.75) is 85.3 Å². The van der Waals surface area contributed by atoms with Crippen molar-refractivity contribution in [2.24, 2.45) is 11.8 Å². The molecular weight excluding hydrogens is 316 g/mol. The third kappa shape index (κ3) is 8.21. The molecule has 0 bridgehead atoms. The summed E-state index contributed by atoms with van der Waals surface area (Å²) in [5, 5.41) is 3.20. The van der Waals surface area contributed by atoms with Crippen molar-refractivity contribution in [3.63, 3.8) is 0 Å². The van der Waals surface area contributed by atoms with E-state index in [4.69, 9.17) is 4.74 Å². The van der Waals surface area contributed by atoms with Gasteiger partial charge in [-0.05, 0) is 46.0 Å². The van der Waals surface area contributed by atoms with E-state index < -0.39 is 5.60 Å². The summed E-state index contributed by atoms with van der Waals surface area (Å²) < 4.78 is 5.32. The van der Waals surface area contributed by atoms with Crippen molar-refractivity contribution in [1.29, 1.82) is 0 Å². The van der Waals surface area contributed by atoms with Crippen LogP contribution in [0.25, 0.3) is 0 Å². The molecule has 1 rings (SSSR count).